The lowest BCUT2D eigenvalue weighted by atomic mass is 10.0. The molecule has 21 heavy (non-hydrogen) atoms. The van der Waals surface area contributed by atoms with Crippen LogP contribution in [0.3, 0.4) is 0 Å². The first-order valence-electron chi connectivity index (χ1n) is 7.38. The van der Waals surface area contributed by atoms with Crippen molar-refractivity contribution in [3.8, 4) is 0 Å². The Morgan fingerprint density at radius 3 is 2.33 bits per heavy atom. The minimum Gasteiger partial charge on any atom is -0.481 e. The van der Waals surface area contributed by atoms with Crippen molar-refractivity contribution in [3.63, 3.8) is 0 Å². The van der Waals surface area contributed by atoms with Gasteiger partial charge in [0.1, 0.15) is 6.04 Å². The number of aliphatic carboxylic acids is 1. The van der Waals surface area contributed by atoms with Crippen molar-refractivity contribution in [3.05, 3.63) is 35.9 Å². The van der Waals surface area contributed by atoms with Gasteiger partial charge in [-0.1, -0.05) is 44.2 Å². The van der Waals surface area contributed by atoms with Gasteiger partial charge in [0.25, 0.3) is 0 Å². The molecule has 1 unspecified atom stereocenters. The minimum absolute atomic E-state index is 0.0710. The van der Waals surface area contributed by atoms with Gasteiger partial charge in [0, 0.05) is 13.0 Å². The van der Waals surface area contributed by atoms with E-state index < -0.39 is 5.97 Å². The molecule has 0 fully saturated rings. The zero-order valence-electron chi connectivity index (χ0n) is 12.7. The summed E-state index contributed by atoms with van der Waals surface area (Å²) in [4.78, 5) is 25.0. The van der Waals surface area contributed by atoms with Crippen molar-refractivity contribution in [1.29, 1.82) is 0 Å². The van der Waals surface area contributed by atoms with E-state index >= 15 is 0 Å². The van der Waals surface area contributed by atoms with Crippen molar-refractivity contribution in [2.75, 3.05) is 19.6 Å². The fourth-order valence-electron chi connectivity index (χ4n) is 2.30. The lowest BCUT2D eigenvalue weighted by Gasteiger charge is -2.29. The molecule has 0 aliphatic carbocycles. The molecule has 0 aliphatic heterocycles. The summed E-state index contributed by atoms with van der Waals surface area (Å²) in [5, 5.41) is 11.5. The van der Waals surface area contributed by atoms with E-state index in [-0.39, 0.29) is 18.4 Å². The largest absolute Gasteiger partial charge is 0.481 e. The molecule has 1 atom stereocenters. The highest BCUT2D eigenvalue weighted by Crippen LogP contribution is 2.20. The van der Waals surface area contributed by atoms with Gasteiger partial charge < -0.3 is 10.4 Å². The van der Waals surface area contributed by atoms with Crippen molar-refractivity contribution >= 4 is 11.9 Å². The molecule has 116 valence electrons. The van der Waals surface area contributed by atoms with Gasteiger partial charge in [0.05, 0.1) is 0 Å². The molecule has 1 amide bonds. The summed E-state index contributed by atoms with van der Waals surface area (Å²) in [5.41, 5.74) is 0.955. The van der Waals surface area contributed by atoms with E-state index in [2.05, 4.69) is 10.2 Å². The van der Waals surface area contributed by atoms with E-state index in [0.29, 0.717) is 13.0 Å². The first-order chi connectivity index (χ1) is 10.1. The second kappa shape index (κ2) is 9.13. The van der Waals surface area contributed by atoms with Crippen molar-refractivity contribution in [2.24, 2.45) is 0 Å². The van der Waals surface area contributed by atoms with Crippen LogP contribution in [0, 0.1) is 0 Å². The third-order valence-corrected chi connectivity index (χ3v) is 3.41. The van der Waals surface area contributed by atoms with Crippen LogP contribution in [-0.2, 0) is 9.59 Å². The number of nitrogens with zero attached hydrogens (tertiary/aromatic N) is 1. The highest BCUT2D eigenvalue weighted by Gasteiger charge is 2.25. The average Bonchev–Trinajstić information content (AvgIpc) is 2.49. The molecule has 0 saturated heterocycles. The van der Waals surface area contributed by atoms with Crippen LogP contribution < -0.4 is 5.32 Å². The fraction of sp³-hybridized carbons (Fsp3) is 0.500. The number of carboxylic acid groups (broad SMARTS) is 1. The Bertz CT molecular complexity index is 444. The van der Waals surface area contributed by atoms with Crippen LogP contribution in [0.4, 0.5) is 0 Å². The van der Waals surface area contributed by atoms with Gasteiger partial charge in [-0.25, -0.2) is 0 Å². The maximum atomic E-state index is 12.4. The third kappa shape index (κ3) is 5.55. The van der Waals surface area contributed by atoms with E-state index in [4.69, 9.17) is 5.11 Å². The number of hydrogen-bond acceptors (Lipinski definition) is 3. The quantitative estimate of drug-likeness (QED) is 0.683. The summed E-state index contributed by atoms with van der Waals surface area (Å²) < 4.78 is 0. The van der Waals surface area contributed by atoms with E-state index in [9.17, 15) is 9.59 Å². The standard InChI is InChI=1S/C16H24N2O3/c1-3-18(4-2)15(13-9-6-5-7-10-13)16(21)17-12-8-11-14(19)20/h5-7,9-10,15H,3-4,8,11-12H2,1-2H3,(H,17,21)(H,19,20). The Morgan fingerprint density at radius 1 is 1.19 bits per heavy atom. The number of rotatable bonds is 9. The predicted molar refractivity (Wildman–Crippen MR) is 82.0 cm³/mol. The Morgan fingerprint density at radius 2 is 1.81 bits per heavy atom. The van der Waals surface area contributed by atoms with Gasteiger partial charge >= 0.3 is 5.97 Å². The smallest absolute Gasteiger partial charge is 0.303 e. The number of hydrogen-bond donors (Lipinski definition) is 2. The highest BCUT2D eigenvalue weighted by molar-refractivity contribution is 5.83. The number of benzene rings is 1. The van der Waals surface area contributed by atoms with E-state index in [1.54, 1.807) is 0 Å². The summed E-state index contributed by atoms with van der Waals surface area (Å²) >= 11 is 0. The van der Waals surface area contributed by atoms with E-state index in [1.807, 2.05) is 44.2 Å². The normalized spacial score (nSPS) is 12.1. The summed E-state index contributed by atoms with van der Waals surface area (Å²) in [6, 6.07) is 9.33. The summed E-state index contributed by atoms with van der Waals surface area (Å²) in [6.07, 6.45) is 0.516. The number of carbonyl (C=O) groups is 2. The predicted octanol–water partition coefficient (Wildman–Crippen LogP) is 2.05. The number of carbonyl (C=O) groups excluding carboxylic acids is 1. The maximum Gasteiger partial charge on any atom is 0.303 e. The lowest BCUT2D eigenvalue weighted by molar-refractivity contribution is -0.137. The highest BCUT2D eigenvalue weighted by atomic mass is 16.4. The third-order valence-electron chi connectivity index (χ3n) is 3.41. The van der Waals surface area contributed by atoms with Crippen molar-refractivity contribution in [1.82, 2.24) is 10.2 Å². The van der Waals surface area contributed by atoms with Crippen LogP contribution >= 0.6 is 0 Å². The number of carboxylic acids is 1. The number of amides is 1. The molecule has 0 spiro atoms. The van der Waals surface area contributed by atoms with Crippen LogP contribution in [0.25, 0.3) is 0 Å². The Labute approximate surface area is 126 Å². The minimum atomic E-state index is -0.840. The van der Waals surface area contributed by atoms with Crippen LogP contribution in [0.1, 0.15) is 38.3 Å². The van der Waals surface area contributed by atoms with E-state index in [1.165, 1.54) is 0 Å². The second-order valence-corrected chi connectivity index (χ2v) is 4.82. The first kappa shape index (κ1) is 17.2. The molecule has 5 heteroatoms. The molecule has 1 rings (SSSR count). The first-order valence-corrected chi connectivity index (χ1v) is 7.38. The summed E-state index contributed by atoms with van der Waals surface area (Å²) in [7, 11) is 0. The fourth-order valence-corrected chi connectivity index (χ4v) is 2.30. The van der Waals surface area contributed by atoms with Crippen LogP contribution in [-0.4, -0.2) is 41.5 Å². The van der Waals surface area contributed by atoms with Gasteiger partial charge in [0.15, 0.2) is 0 Å². The van der Waals surface area contributed by atoms with Gasteiger partial charge in [-0.2, -0.15) is 0 Å². The Balaban J connectivity index is 2.72. The molecular formula is C16H24N2O3. The molecule has 2 N–H and O–H groups in total. The van der Waals surface area contributed by atoms with Crippen molar-refractivity contribution < 1.29 is 14.7 Å². The lowest BCUT2D eigenvalue weighted by Crippen LogP contribution is -2.41. The SMILES string of the molecule is CCN(CC)C(C(=O)NCCCC(=O)O)c1ccccc1. The molecule has 0 heterocycles. The maximum absolute atomic E-state index is 12.4. The molecule has 0 aliphatic rings. The zero-order chi connectivity index (χ0) is 15.7. The zero-order valence-corrected chi connectivity index (χ0v) is 12.7. The monoisotopic (exact) mass is 292 g/mol. The van der Waals surface area contributed by atoms with Gasteiger partial charge in [0.2, 0.25) is 5.91 Å². The molecule has 1 aromatic rings. The van der Waals surface area contributed by atoms with Gasteiger partial charge in [-0.05, 0) is 25.1 Å². The van der Waals surface area contributed by atoms with Gasteiger partial charge in [-0.3, -0.25) is 14.5 Å². The topological polar surface area (TPSA) is 69.6 Å². The number of likely N-dealkylation sites (N-methyl/N-ethyl adjacent to an activating group) is 1. The van der Waals surface area contributed by atoms with Gasteiger partial charge in [-0.15, -0.1) is 0 Å². The number of nitrogens with one attached hydrogen (secondary N) is 1. The Hall–Kier alpha value is -1.88. The summed E-state index contributed by atoms with van der Waals surface area (Å²) in [5.74, 6) is -0.914. The van der Waals surface area contributed by atoms with E-state index in [0.717, 1.165) is 18.7 Å². The molecule has 0 radical (unpaired) electrons. The molecule has 1 aromatic carbocycles. The van der Waals surface area contributed by atoms with Crippen LogP contribution in [0.2, 0.25) is 0 Å². The average molecular weight is 292 g/mol. The molecule has 0 bridgehead atoms. The van der Waals surface area contributed by atoms with Crippen LogP contribution in [0.15, 0.2) is 30.3 Å². The Kier molecular flexibility index (Phi) is 7.46. The molecular weight excluding hydrogens is 268 g/mol. The molecule has 0 aromatic heterocycles. The summed E-state index contributed by atoms with van der Waals surface area (Å²) in [6.45, 7) is 5.99. The van der Waals surface area contributed by atoms with Crippen LogP contribution in [0.5, 0.6) is 0 Å². The van der Waals surface area contributed by atoms with Crippen molar-refractivity contribution in [2.45, 2.75) is 32.7 Å². The molecule has 5 nitrogen and oxygen atoms in total. The second-order valence-electron chi connectivity index (χ2n) is 4.82. The molecule has 0 saturated carbocycles.